The number of para-hydroxylation sites is 1. The van der Waals surface area contributed by atoms with E-state index in [1.54, 1.807) is 30.3 Å². The number of hydrogen-bond acceptors (Lipinski definition) is 7. The van der Waals surface area contributed by atoms with Crippen LogP contribution in [0.1, 0.15) is 16.7 Å². The summed E-state index contributed by atoms with van der Waals surface area (Å²) in [5, 5.41) is 9.98. The van der Waals surface area contributed by atoms with E-state index in [0.29, 0.717) is 17.0 Å². The summed E-state index contributed by atoms with van der Waals surface area (Å²) in [5.74, 6) is -0.0463. The van der Waals surface area contributed by atoms with Crippen LogP contribution >= 0.6 is 0 Å². The minimum atomic E-state index is -4.19. The number of aryl methyl sites for hydroxylation is 2. The van der Waals surface area contributed by atoms with E-state index >= 15 is 0 Å². The van der Waals surface area contributed by atoms with E-state index in [-0.39, 0.29) is 22.1 Å². The predicted octanol–water partition coefficient (Wildman–Crippen LogP) is 3.51. The van der Waals surface area contributed by atoms with Crippen LogP contribution in [0.15, 0.2) is 72.1 Å². The van der Waals surface area contributed by atoms with Crippen LogP contribution in [0.5, 0.6) is 17.2 Å². The molecule has 0 aliphatic heterocycles. The van der Waals surface area contributed by atoms with E-state index < -0.39 is 22.5 Å². The lowest BCUT2D eigenvalue weighted by Gasteiger charge is -2.25. The molecule has 0 atom stereocenters. The van der Waals surface area contributed by atoms with Crippen LogP contribution < -0.4 is 24.6 Å². The van der Waals surface area contributed by atoms with Crippen molar-refractivity contribution in [2.45, 2.75) is 18.7 Å². The van der Waals surface area contributed by atoms with Gasteiger partial charge < -0.3 is 14.6 Å². The van der Waals surface area contributed by atoms with Crippen LogP contribution in [-0.4, -0.2) is 40.2 Å². The highest BCUT2D eigenvalue weighted by Gasteiger charge is 2.29. The number of aromatic hydroxyl groups is 1. The number of ether oxygens (including phenoxy) is 2. The second-order valence-electron chi connectivity index (χ2n) is 8.04. The Hall–Kier alpha value is -4.18. The van der Waals surface area contributed by atoms with Gasteiger partial charge in [0.1, 0.15) is 12.3 Å². The van der Waals surface area contributed by atoms with Crippen LogP contribution in [0.2, 0.25) is 0 Å². The molecule has 0 heterocycles. The molecular formula is C26H29N3O6S. The summed E-state index contributed by atoms with van der Waals surface area (Å²) >= 11 is 0. The Morgan fingerprint density at radius 2 is 1.58 bits per heavy atom. The van der Waals surface area contributed by atoms with Gasteiger partial charge >= 0.3 is 0 Å². The van der Waals surface area contributed by atoms with Gasteiger partial charge in [0.05, 0.1) is 30.5 Å². The van der Waals surface area contributed by atoms with Gasteiger partial charge in [-0.2, -0.15) is 0 Å². The van der Waals surface area contributed by atoms with Crippen LogP contribution in [0, 0.1) is 13.8 Å². The lowest BCUT2D eigenvalue weighted by Crippen LogP contribution is -2.45. The number of hydrogen-bond donors (Lipinski definition) is 3. The molecule has 10 heteroatoms. The van der Waals surface area contributed by atoms with Gasteiger partial charge in [0.2, 0.25) is 0 Å². The first-order chi connectivity index (χ1) is 17.1. The average molecular weight is 512 g/mol. The van der Waals surface area contributed by atoms with Gasteiger partial charge in [0.25, 0.3) is 15.9 Å². The smallest absolute Gasteiger partial charge is 0.264 e. The molecule has 0 fully saturated rings. The molecule has 36 heavy (non-hydrogen) atoms. The molecule has 0 aliphatic carbocycles. The van der Waals surface area contributed by atoms with Crippen molar-refractivity contribution in [1.82, 2.24) is 10.9 Å². The summed E-state index contributed by atoms with van der Waals surface area (Å²) < 4.78 is 39.0. The second kappa shape index (κ2) is 11.0. The standard InChI is InChI=1S/C26H29N3O6S/c1-17-12-18(2)14-20(13-17)29(36(32,33)21-10-11-24(34-4)25(15-21)35-5)16-26(31)28-27-19(3)22-8-6-7-9-23(22)30/h6-15,27,30H,3,16H2,1-2,4-5H3,(H,28,31). The van der Waals surface area contributed by atoms with Gasteiger partial charge in [-0.3, -0.25) is 20.0 Å². The number of nitrogens with zero attached hydrogens (tertiary/aromatic N) is 1. The Kier molecular flexibility index (Phi) is 8.11. The summed E-state index contributed by atoms with van der Waals surface area (Å²) in [5.41, 5.74) is 7.72. The lowest BCUT2D eigenvalue weighted by atomic mass is 10.1. The molecular weight excluding hydrogens is 482 g/mol. The van der Waals surface area contributed by atoms with E-state index in [1.807, 2.05) is 19.9 Å². The van der Waals surface area contributed by atoms with Crippen LogP contribution in [0.4, 0.5) is 5.69 Å². The van der Waals surface area contributed by atoms with E-state index in [1.165, 1.54) is 38.5 Å². The molecule has 9 nitrogen and oxygen atoms in total. The van der Waals surface area contributed by atoms with Gasteiger partial charge in [0.15, 0.2) is 11.5 Å². The summed E-state index contributed by atoms with van der Waals surface area (Å²) in [6.45, 7) is 6.97. The molecule has 1 amide bonds. The predicted molar refractivity (Wildman–Crippen MR) is 138 cm³/mol. The SMILES string of the molecule is C=C(NNC(=O)CN(c1cc(C)cc(C)c1)S(=O)(=O)c1ccc(OC)c(OC)c1)c1ccccc1O. The first-order valence-corrected chi connectivity index (χ1v) is 12.4. The zero-order chi connectivity index (χ0) is 26.5. The van der Waals surface area contributed by atoms with Crippen molar-refractivity contribution in [3.63, 3.8) is 0 Å². The Morgan fingerprint density at radius 3 is 2.19 bits per heavy atom. The molecule has 3 N–H and O–H groups in total. The highest BCUT2D eigenvalue weighted by Crippen LogP contribution is 2.32. The lowest BCUT2D eigenvalue weighted by molar-refractivity contribution is -0.120. The number of benzene rings is 3. The quantitative estimate of drug-likeness (QED) is 0.357. The summed E-state index contributed by atoms with van der Waals surface area (Å²) in [7, 11) is -1.33. The third kappa shape index (κ3) is 5.89. The van der Waals surface area contributed by atoms with Crippen LogP contribution in [0.3, 0.4) is 0 Å². The minimum Gasteiger partial charge on any atom is -0.507 e. The number of carbonyl (C=O) groups is 1. The van der Waals surface area contributed by atoms with Gasteiger partial charge in [-0.25, -0.2) is 8.42 Å². The van der Waals surface area contributed by atoms with E-state index in [2.05, 4.69) is 17.4 Å². The highest BCUT2D eigenvalue weighted by molar-refractivity contribution is 7.92. The largest absolute Gasteiger partial charge is 0.507 e. The number of nitrogens with one attached hydrogen (secondary N) is 2. The van der Waals surface area contributed by atoms with Crippen molar-refractivity contribution in [3.8, 4) is 17.2 Å². The maximum absolute atomic E-state index is 13.7. The van der Waals surface area contributed by atoms with Crippen molar-refractivity contribution < 1.29 is 27.8 Å². The molecule has 3 rings (SSSR count). The number of phenols is 1. The first-order valence-electron chi connectivity index (χ1n) is 10.9. The number of amides is 1. The van der Waals surface area contributed by atoms with Crippen molar-refractivity contribution in [2.24, 2.45) is 0 Å². The number of rotatable bonds is 10. The van der Waals surface area contributed by atoms with E-state index in [9.17, 15) is 18.3 Å². The molecule has 0 saturated carbocycles. The molecule has 3 aromatic carbocycles. The van der Waals surface area contributed by atoms with Gasteiger partial charge in [-0.05, 0) is 61.4 Å². The summed E-state index contributed by atoms with van der Waals surface area (Å²) in [6, 6.07) is 16.0. The highest BCUT2D eigenvalue weighted by atomic mass is 32.2. The van der Waals surface area contributed by atoms with Gasteiger partial charge in [-0.15, -0.1) is 0 Å². The average Bonchev–Trinajstić information content (AvgIpc) is 2.84. The van der Waals surface area contributed by atoms with Gasteiger partial charge in [-0.1, -0.05) is 24.8 Å². The Bertz CT molecular complexity index is 1370. The fourth-order valence-corrected chi connectivity index (χ4v) is 5.05. The molecule has 0 aliphatic rings. The first kappa shape index (κ1) is 26.4. The van der Waals surface area contributed by atoms with Crippen LogP contribution in [-0.2, 0) is 14.8 Å². The number of methoxy groups -OCH3 is 2. The molecule has 0 aromatic heterocycles. The number of carbonyl (C=O) groups excluding carboxylic acids is 1. The summed E-state index contributed by atoms with van der Waals surface area (Å²) in [4.78, 5) is 12.8. The molecule has 0 bridgehead atoms. The zero-order valence-electron chi connectivity index (χ0n) is 20.5. The molecule has 0 saturated heterocycles. The van der Waals surface area contributed by atoms with Crippen molar-refractivity contribution in [2.75, 3.05) is 25.1 Å². The van der Waals surface area contributed by atoms with Crippen molar-refractivity contribution in [3.05, 3.63) is 83.9 Å². The van der Waals surface area contributed by atoms with Crippen molar-refractivity contribution in [1.29, 1.82) is 0 Å². The number of phenolic OH excluding ortho intramolecular Hbond substituents is 1. The molecule has 190 valence electrons. The fourth-order valence-electron chi connectivity index (χ4n) is 3.63. The zero-order valence-corrected chi connectivity index (χ0v) is 21.3. The maximum Gasteiger partial charge on any atom is 0.264 e. The molecule has 0 spiro atoms. The van der Waals surface area contributed by atoms with Crippen LogP contribution in [0.25, 0.3) is 5.70 Å². The monoisotopic (exact) mass is 511 g/mol. The Labute approximate surface area is 211 Å². The molecule has 0 unspecified atom stereocenters. The molecule has 3 aromatic rings. The topological polar surface area (TPSA) is 117 Å². The Morgan fingerprint density at radius 1 is 0.944 bits per heavy atom. The van der Waals surface area contributed by atoms with Gasteiger partial charge in [0, 0.05) is 11.6 Å². The second-order valence-corrected chi connectivity index (χ2v) is 9.91. The van der Waals surface area contributed by atoms with E-state index in [0.717, 1.165) is 15.4 Å². The normalized spacial score (nSPS) is 10.9. The Balaban J connectivity index is 1.92. The number of anilines is 1. The number of sulfonamides is 1. The third-order valence-corrected chi connectivity index (χ3v) is 7.08. The van der Waals surface area contributed by atoms with Crippen molar-refractivity contribution >= 4 is 27.3 Å². The number of hydrazine groups is 1. The minimum absolute atomic E-state index is 0.0165. The fraction of sp³-hybridized carbons (Fsp3) is 0.192. The summed E-state index contributed by atoms with van der Waals surface area (Å²) in [6.07, 6.45) is 0. The maximum atomic E-state index is 13.7. The molecule has 0 radical (unpaired) electrons. The third-order valence-electron chi connectivity index (χ3n) is 5.31. The van der Waals surface area contributed by atoms with E-state index in [4.69, 9.17) is 9.47 Å².